The molecule has 4 nitrogen and oxygen atoms in total. The third kappa shape index (κ3) is 2.36. The van der Waals surface area contributed by atoms with Crippen LogP contribution in [0.5, 0.6) is 0 Å². The topological polar surface area (TPSA) is 51.3 Å². The van der Waals surface area contributed by atoms with Crippen molar-refractivity contribution in [3.63, 3.8) is 0 Å². The summed E-state index contributed by atoms with van der Waals surface area (Å²) in [6.45, 7) is 1.49. The maximum absolute atomic E-state index is 12.9. The van der Waals surface area contributed by atoms with Gasteiger partial charge in [0.15, 0.2) is 5.78 Å². The summed E-state index contributed by atoms with van der Waals surface area (Å²) in [5.41, 5.74) is 11.3. The van der Waals surface area contributed by atoms with Crippen molar-refractivity contribution in [1.29, 1.82) is 0 Å². The highest BCUT2D eigenvalue weighted by Crippen LogP contribution is 2.29. The largest absolute Gasteiger partial charge is 0.399 e. The van der Waals surface area contributed by atoms with Crippen molar-refractivity contribution in [2.45, 2.75) is 13.1 Å². The Morgan fingerprint density at radius 1 is 1.00 bits per heavy atom. The molecule has 0 amide bonds. The van der Waals surface area contributed by atoms with Gasteiger partial charge in [0.05, 0.1) is 6.54 Å². The number of aromatic nitrogens is 1. The van der Waals surface area contributed by atoms with Gasteiger partial charge in [0, 0.05) is 48.0 Å². The minimum absolute atomic E-state index is 0.0445. The number of carbonyl (C=O) groups is 1. The van der Waals surface area contributed by atoms with Gasteiger partial charge in [-0.25, -0.2) is 0 Å². The van der Waals surface area contributed by atoms with E-state index >= 15 is 0 Å². The second-order valence-corrected chi connectivity index (χ2v) is 6.24. The molecule has 1 aliphatic heterocycles. The van der Waals surface area contributed by atoms with Crippen LogP contribution in [0, 0.1) is 0 Å². The van der Waals surface area contributed by atoms with Crippen LogP contribution in [-0.2, 0) is 13.1 Å². The maximum Gasteiger partial charge on any atom is 0.194 e. The predicted octanol–water partition coefficient (Wildman–Crippen LogP) is 3.30. The smallest absolute Gasteiger partial charge is 0.194 e. The minimum atomic E-state index is 0.0445. The van der Waals surface area contributed by atoms with E-state index in [0.29, 0.717) is 17.8 Å². The molecule has 0 spiro atoms. The zero-order valence-electron chi connectivity index (χ0n) is 13.6. The third-order valence-corrected chi connectivity index (χ3v) is 4.63. The highest BCUT2D eigenvalue weighted by molar-refractivity contribution is 6.10. The van der Waals surface area contributed by atoms with Crippen LogP contribution in [0.3, 0.4) is 0 Å². The Labute approximate surface area is 141 Å². The predicted molar refractivity (Wildman–Crippen MR) is 96.4 cm³/mol. The van der Waals surface area contributed by atoms with Crippen molar-refractivity contribution in [3.05, 3.63) is 83.2 Å². The molecule has 0 atom stereocenters. The number of rotatable bonds is 2. The Hall–Kier alpha value is -3.01. The maximum atomic E-state index is 12.9. The number of fused-ring (bicyclic) bond motifs is 2. The molecule has 0 bridgehead atoms. The lowest BCUT2D eigenvalue weighted by atomic mass is 10.0. The zero-order valence-corrected chi connectivity index (χ0v) is 13.6. The van der Waals surface area contributed by atoms with Crippen LogP contribution in [0.2, 0.25) is 0 Å². The zero-order chi connectivity index (χ0) is 16.7. The van der Waals surface area contributed by atoms with E-state index < -0.39 is 0 Å². The van der Waals surface area contributed by atoms with E-state index in [1.807, 2.05) is 12.3 Å². The fourth-order valence-corrected chi connectivity index (χ4v) is 3.34. The van der Waals surface area contributed by atoms with Crippen molar-refractivity contribution >= 4 is 17.2 Å². The van der Waals surface area contributed by atoms with Gasteiger partial charge in [0.25, 0.3) is 0 Å². The summed E-state index contributed by atoms with van der Waals surface area (Å²) >= 11 is 0. The highest BCUT2D eigenvalue weighted by Gasteiger charge is 2.22. The van der Waals surface area contributed by atoms with Crippen LogP contribution >= 0.6 is 0 Å². The number of nitrogens with zero attached hydrogens (tertiary/aromatic N) is 2. The molecule has 2 heterocycles. The molecule has 0 fully saturated rings. The number of nitrogen functional groups attached to an aromatic ring is 1. The van der Waals surface area contributed by atoms with E-state index in [-0.39, 0.29) is 5.78 Å². The van der Waals surface area contributed by atoms with Crippen molar-refractivity contribution in [2.75, 3.05) is 17.7 Å². The molecule has 2 aromatic carbocycles. The molecule has 0 unspecified atom stereocenters. The van der Waals surface area contributed by atoms with Gasteiger partial charge < -0.3 is 15.2 Å². The summed E-state index contributed by atoms with van der Waals surface area (Å²) in [5.74, 6) is 0.0445. The molecular formula is C20H19N3O. The van der Waals surface area contributed by atoms with E-state index in [9.17, 15) is 4.79 Å². The quantitative estimate of drug-likeness (QED) is 0.583. The summed E-state index contributed by atoms with van der Waals surface area (Å²) < 4.78 is 2.17. The van der Waals surface area contributed by atoms with Crippen LogP contribution in [0.25, 0.3) is 0 Å². The number of hydrogen-bond donors (Lipinski definition) is 1. The lowest BCUT2D eigenvalue weighted by molar-refractivity contribution is 0.103. The Bertz CT molecular complexity index is 909. The molecule has 120 valence electrons. The molecule has 1 aromatic heterocycles. The lowest BCUT2D eigenvalue weighted by Gasteiger charge is -2.19. The van der Waals surface area contributed by atoms with Gasteiger partial charge in [-0.1, -0.05) is 18.2 Å². The van der Waals surface area contributed by atoms with Gasteiger partial charge in [0.1, 0.15) is 0 Å². The van der Waals surface area contributed by atoms with E-state index in [2.05, 4.69) is 40.8 Å². The van der Waals surface area contributed by atoms with Gasteiger partial charge in [0.2, 0.25) is 0 Å². The van der Waals surface area contributed by atoms with Gasteiger partial charge in [-0.05, 0) is 42.0 Å². The van der Waals surface area contributed by atoms with Crippen LogP contribution < -0.4 is 10.6 Å². The molecule has 0 saturated heterocycles. The SMILES string of the molecule is CN1Cc2c(C(=O)c3ccc(N)cc3)ccn2Cc2ccccc21. The molecule has 0 radical (unpaired) electrons. The Morgan fingerprint density at radius 3 is 2.54 bits per heavy atom. The van der Waals surface area contributed by atoms with Crippen LogP contribution in [0.4, 0.5) is 11.4 Å². The first-order valence-electron chi connectivity index (χ1n) is 8.01. The van der Waals surface area contributed by atoms with Gasteiger partial charge in [-0.3, -0.25) is 4.79 Å². The van der Waals surface area contributed by atoms with Gasteiger partial charge >= 0.3 is 0 Å². The van der Waals surface area contributed by atoms with Crippen molar-refractivity contribution in [1.82, 2.24) is 4.57 Å². The van der Waals surface area contributed by atoms with Crippen molar-refractivity contribution < 1.29 is 4.79 Å². The normalized spacial score (nSPS) is 13.1. The van der Waals surface area contributed by atoms with Gasteiger partial charge in [-0.15, -0.1) is 0 Å². The first kappa shape index (κ1) is 14.6. The highest BCUT2D eigenvalue weighted by atomic mass is 16.1. The molecule has 4 heteroatoms. The summed E-state index contributed by atoms with van der Waals surface area (Å²) in [6, 6.07) is 17.4. The molecular weight excluding hydrogens is 298 g/mol. The molecule has 0 aliphatic carbocycles. The number of carbonyl (C=O) groups excluding carboxylic acids is 1. The van der Waals surface area contributed by atoms with Crippen LogP contribution in [-0.4, -0.2) is 17.4 Å². The fraction of sp³-hybridized carbons (Fsp3) is 0.150. The van der Waals surface area contributed by atoms with E-state index in [0.717, 1.165) is 17.8 Å². The van der Waals surface area contributed by atoms with Crippen LogP contribution in [0.15, 0.2) is 60.8 Å². The number of para-hydroxylation sites is 1. The summed E-state index contributed by atoms with van der Waals surface area (Å²) in [5, 5.41) is 0. The summed E-state index contributed by atoms with van der Waals surface area (Å²) in [7, 11) is 2.07. The second-order valence-electron chi connectivity index (χ2n) is 6.24. The van der Waals surface area contributed by atoms with E-state index in [1.54, 1.807) is 24.3 Å². The Morgan fingerprint density at radius 2 is 1.75 bits per heavy atom. The number of anilines is 2. The molecule has 2 N–H and O–H groups in total. The Balaban J connectivity index is 1.74. The Kier molecular flexibility index (Phi) is 3.38. The van der Waals surface area contributed by atoms with Gasteiger partial charge in [-0.2, -0.15) is 0 Å². The fourth-order valence-electron chi connectivity index (χ4n) is 3.34. The molecule has 1 aliphatic rings. The summed E-state index contributed by atoms with van der Waals surface area (Å²) in [6.07, 6.45) is 2.01. The summed E-state index contributed by atoms with van der Waals surface area (Å²) in [4.78, 5) is 15.1. The van der Waals surface area contributed by atoms with E-state index in [1.165, 1.54) is 11.3 Å². The molecule has 0 saturated carbocycles. The molecule has 3 aromatic rings. The van der Waals surface area contributed by atoms with Crippen molar-refractivity contribution in [3.8, 4) is 0 Å². The lowest BCUT2D eigenvalue weighted by Crippen LogP contribution is -2.18. The molecule has 24 heavy (non-hydrogen) atoms. The third-order valence-electron chi connectivity index (χ3n) is 4.63. The molecule has 4 rings (SSSR count). The second kappa shape index (κ2) is 5.57. The first-order valence-corrected chi connectivity index (χ1v) is 8.01. The number of nitrogens with two attached hydrogens (primary N) is 1. The number of ketones is 1. The van der Waals surface area contributed by atoms with E-state index in [4.69, 9.17) is 5.73 Å². The average molecular weight is 317 g/mol. The van der Waals surface area contributed by atoms with Crippen LogP contribution in [0.1, 0.15) is 27.2 Å². The standard InChI is InChI=1S/C20H19N3O/c1-22-13-19-17(20(24)14-6-8-16(21)9-7-14)10-11-23(19)12-15-4-2-3-5-18(15)22/h2-11H,12-13,21H2,1H3. The number of benzene rings is 2. The minimum Gasteiger partial charge on any atom is -0.399 e. The average Bonchev–Trinajstić information content (AvgIpc) is 2.91. The monoisotopic (exact) mass is 317 g/mol. The van der Waals surface area contributed by atoms with Crippen molar-refractivity contribution in [2.24, 2.45) is 0 Å². The number of hydrogen-bond acceptors (Lipinski definition) is 3. The first-order chi connectivity index (χ1) is 11.6.